The predicted octanol–water partition coefficient (Wildman–Crippen LogP) is 3.16. The smallest absolute Gasteiger partial charge is 0.333 e. The summed E-state index contributed by atoms with van der Waals surface area (Å²) in [4.78, 5) is 13.6. The molecule has 1 aromatic carbocycles. The fourth-order valence-electron chi connectivity index (χ4n) is 2.39. The molecule has 9 heteroatoms. The van der Waals surface area contributed by atoms with Crippen LogP contribution in [0, 0.1) is 0 Å². The monoisotopic (exact) mass is 340 g/mol. The molecule has 1 fully saturated rings. The summed E-state index contributed by atoms with van der Waals surface area (Å²) in [6.07, 6.45) is -9.93. The second kappa shape index (κ2) is 6.03. The number of hydrogen-bond donors (Lipinski definition) is 1. The van der Waals surface area contributed by atoms with Crippen LogP contribution in [0.4, 0.5) is 26.3 Å². The number of carbonyl (C=O) groups is 1. The van der Waals surface area contributed by atoms with Crippen LogP contribution in [-0.2, 0) is 12.4 Å². The molecule has 1 heterocycles. The lowest BCUT2D eigenvalue weighted by atomic mass is 10.0. The molecule has 1 aliphatic rings. The molecule has 0 aromatic heterocycles. The van der Waals surface area contributed by atoms with E-state index in [0.717, 1.165) is 0 Å². The maximum Gasteiger partial charge on any atom is 0.416 e. The Morgan fingerprint density at radius 2 is 1.61 bits per heavy atom. The number of carbonyl (C=O) groups excluding carboxylic acids is 1. The van der Waals surface area contributed by atoms with Gasteiger partial charge in [-0.3, -0.25) is 4.79 Å². The number of nitrogens with one attached hydrogen (secondary N) is 1. The van der Waals surface area contributed by atoms with Crippen molar-refractivity contribution in [3.8, 4) is 0 Å². The highest BCUT2D eigenvalue weighted by Gasteiger charge is 2.38. The van der Waals surface area contributed by atoms with Crippen molar-refractivity contribution in [2.75, 3.05) is 19.6 Å². The standard InChI is InChI=1S/C14H14F6N2O/c1-8-7-21-2-3-22(8)12(23)9-4-10(13(15,16)17)6-11(5-9)14(18,19)20/h4-6,8,21H,2-3,7H2,1H3. The van der Waals surface area contributed by atoms with Gasteiger partial charge in [0.25, 0.3) is 5.91 Å². The average Bonchev–Trinajstić information content (AvgIpc) is 2.45. The highest BCUT2D eigenvalue weighted by Crippen LogP contribution is 2.36. The largest absolute Gasteiger partial charge is 0.416 e. The number of rotatable bonds is 1. The second-order valence-electron chi connectivity index (χ2n) is 5.35. The van der Waals surface area contributed by atoms with Gasteiger partial charge in [0.15, 0.2) is 0 Å². The molecular weight excluding hydrogens is 326 g/mol. The van der Waals surface area contributed by atoms with Gasteiger partial charge in [0, 0.05) is 31.2 Å². The Hall–Kier alpha value is -1.77. The highest BCUT2D eigenvalue weighted by atomic mass is 19.4. The number of piperazine rings is 1. The lowest BCUT2D eigenvalue weighted by Gasteiger charge is -2.34. The molecule has 1 amide bonds. The first-order valence-corrected chi connectivity index (χ1v) is 6.81. The molecule has 1 unspecified atom stereocenters. The number of amides is 1. The van der Waals surface area contributed by atoms with Crippen LogP contribution in [0.15, 0.2) is 18.2 Å². The first kappa shape index (κ1) is 17.6. The van der Waals surface area contributed by atoms with Crippen molar-refractivity contribution in [3.63, 3.8) is 0 Å². The average molecular weight is 340 g/mol. The van der Waals surface area contributed by atoms with Crippen LogP contribution in [0.2, 0.25) is 0 Å². The highest BCUT2D eigenvalue weighted by molar-refractivity contribution is 5.95. The van der Waals surface area contributed by atoms with E-state index in [-0.39, 0.29) is 18.7 Å². The summed E-state index contributed by atoms with van der Waals surface area (Å²) in [5, 5.41) is 2.99. The van der Waals surface area contributed by atoms with Crippen LogP contribution in [0.1, 0.15) is 28.4 Å². The minimum atomic E-state index is -4.97. The van der Waals surface area contributed by atoms with E-state index in [4.69, 9.17) is 0 Å². The zero-order valence-corrected chi connectivity index (χ0v) is 12.1. The normalized spacial score (nSPS) is 19.8. The quantitative estimate of drug-likeness (QED) is 0.797. The predicted molar refractivity (Wildman–Crippen MR) is 69.8 cm³/mol. The van der Waals surface area contributed by atoms with E-state index < -0.39 is 35.0 Å². The van der Waals surface area contributed by atoms with Crippen molar-refractivity contribution in [2.45, 2.75) is 25.3 Å². The maximum atomic E-state index is 12.8. The van der Waals surface area contributed by atoms with Crippen molar-refractivity contribution in [1.82, 2.24) is 10.2 Å². The Bertz CT molecular complexity index is 564. The van der Waals surface area contributed by atoms with Gasteiger partial charge in [0.1, 0.15) is 0 Å². The van der Waals surface area contributed by atoms with Gasteiger partial charge in [-0.15, -0.1) is 0 Å². The van der Waals surface area contributed by atoms with Crippen LogP contribution in [-0.4, -0.2) is 36.5 Å². The Labute approximate surface area is 128 Å². The molecule has 1 N–H and O–H groups in total. The topological polar surface area (TPSA) is 32.3 Å². The van der Waals surface area contributed by atoms with Crippen LogP contribution in [0.5, 0.6) is 0 Å². The maximum absolute atomic E-state index is 12.8. The third kappa shape index (κ3) is 3.95. The fraction of sp³-hybridized carbons (Fsp3) is 0.500. The van der Waals surface area contributed by atoms with Gasteiger partial charge in [-0.1, -0.05) is 0 Å². The van der Waals surface area contributed by atoms with Crippen molar-refractivity contribution in [2.24, 2.45) is 0 Å². The molecular formula is C14H14F6N2O. The van der Waals surface area contributed by atoms with Gasteiger partial charge in [-0.05, 0) is 25.1 Å². The Morgan fingerprint density at radius 3 is 2.04 bits per heavy atom. The summed E-state index contributed by atoms with van der Waals surface area (Å²) < 4.78 is 76.9. The molecule has 1 saturated heterocycles. The molecule has 1 atom stereocenters. The van der Waals surface area contributed by atoms with Crippen LogP contribution in [0.25, 0.3) is 0 Å². The molecule has 1 aromatic rings. The fourth-order valence-corrected chi connectivity index (χ4v) is 2.39. The number of hydrogen-bond acceptors (Lipinski definition) is 2. The first-order valence-electron chi connectivity index (χ1n) is 6.81. The van der Waals surface area contributed by atoms with Crippen LogP contribution in [0.3, 0.4) is 0 Å². The molecule has 0 bridgehead atoms. The van der Waals surface area contributed by atoms with E-state index in [1.54, 1.807) is 6.92 Å². The van der Waals surface area contributed by atoms with Gasteiger partial charge in [-0.25, -0.2) is 0 Å². The molecule has 0 radical (unpaired) electrons. The first-order chi connectivity index (χ1) is 10.5. The summed E-state index contributed by atoms with van der Waals surface area (Å²) in [7, 11) is 0. The lowest BCUT2D eigenvalue weighted by Crippen LogP contribution is -2.52. The summed E-state index contributed by atoms with van der Waals surface area (Å²) in [5.41, 5.74) is -3.59. The van der Waals surface area contributed by atoms with Gasteiger partial charge >= 0.3 is 12.4 Å². The third-order valence-corrected chi connectivity index (χ3v) is 3.60. The molecule has 23 heavy (non-hydrogen) atoms. The second-order valence-corrected chi connectivity index (χ2v) is 5.35. The van der Waals surface area contributed by atoms with Crippen molar-refractivity contribution in [1.29, 1.82) is 0 Å². The van der Waals surface area contributed by atoms with E-state index >= 15 is 0 Å². The van der Waals surface area contributed by atoms with Gasteiger partial charge in [-0.2, -0.15) is 26.3 Å². The summed E-state index contributed by atoms with van der Waals surface area (Å²) in [6, 6.07) is 0.622. The minimum Gasteiger partial charge on any atom is -0.333 e. The van der Waals surface area contributed by atoms with Crippen molar-refractivity contribution in [3.05, 3.63) is 34.9 Å². The van der Waals surface area contributed by atoms with E-state index in [2.05, 4.69) is 5.32 Å². The van der Waals surface area contributed by atoms with E-state index in [1.807, 2.05) is 0 Å². The number of benzene rings is 1. The van der Waals surface area contributed by atoms with Crippen LogP contribution < -0.4 is 5.32 Å². The zero-order chi connectivity index (χ0) is 17.4. The van der Waals surface area contributed by atoms with Gasteiger partial charge in [0.05, 0.1) is 11.1 Å². The molecule has 0 saturated carbocycles. The summed E-state index contributed by atoms with van der Waals surface area (Å²) >= 11 is 0. The van der Waals surface area contributed by atoms with Crippen molar-refractivity contribution >= 4 is 5.91 Å². The summed E-state index contributed by atoms with van der Waals surface area (Å²) in [6.45, 7) is 2.75. The third-order valence-electron chi connectivity index (χ3n) is 3.60. The van der Waals surface area contributed by atoms with Crippen LogP contribution >= 0.6 is 0 Å². The lowest BCUT2D eigenvalue weighted by molar-refractivity contribution is -0.143. The van der Waals surface area contributed by atoms with Gasteiger partial charge < -0.3 is 10.2 Å². The molecule has 2 rings (SSSR count). The van der Waals surface area contributed by atoms with E-state index in [1.165, 1.54) is 4.90 Å². The zero-order valence-electron chi connectivity index (χ0n) is 12.1. The van der Waals surface area contributed by atoms with Gasteiger partial charge in [0.2, 0.25) is 0 Å². The Morgan fingerprint density at radius 1 is 1.09 bits per heavy atom. The Balaban J connectivity index is 2.46. The molecule has 0 aliphatic carbocycles. The molecule has 0 spiro atoms. The molecule has 3 nitrogen and oxygen atoms in total. The summed E-state index contributed by atoms with van der Waals surface area (Å²) in [5.74, 6) is -0.837. The van der Waals surface area contributed by atoms with Crippen molar-refractivity contribution < 1.29 is 31.1 Å². The Kier molecular flexibility index (Phi) is 4.61. The van der Waals surface area contributed by atoms with E-state index in [0.29, 0.717) is 25.2 Å². The number of nitrogens with zero attached hydrogens (tertiary/aromatic N) is 1. The number of alkyl halides is 6. The number of halogens is 6. The SMILES string of the molecule is CC1CNCCN1C(=O)c1cc(C(F)(F)F)cc(C(F)(F)F)c1. The minimum absolute atomic E-state index is 0.0119. The molecule has 1 aliphatic heterocycles. The molecule has 128 valence electrons. The van der Waals surface area contributed by atoms with E-state index in [9.17, 15) is 31.1 Å².